The second-order valence-corrected chi connectivity index (χ2v) is 5.03. The molecule has 3 nitrogen and oxygen atoms in total. The summed E-state index contributed by atoms with van der Waals surface area (Å²) >= 11 is 3.53. The largest absolute Gasteiger partial charge is 0.457 e. The molecular weight excluding hydrogens is 308 g/mol. The van der Waals surface area contributed by atoms with Crippen molar-refractivity contribution in [1.29, 1.82) is 0 Å². The fourth-order valence-corrected chi connectivity index (χ4v) is 2.47. The number of para-hydroxylation sites is 1. The number of rotatable bonds is 3. The van der Waals surface area contributed by atoms with Crippen molar-refractivity contribution in [2.45, 2.75) is 6.29 Å². The van der Waals surface area contributed by atoms with Gasteiger partial charge in [-0.15, -0.1) is 0 Å². The zero-order valence-electron chi connectivity index (χ0n) is 10.2. The van der Waals surface area contributed by atoms with Gasteiger partial charge >= 0.3 is 0 Å². The minimum atomic E-state index is -0.278. The summed E-state index contributed by atoms with van der Waals surface area (Å²) < 4.78 is 17.7. The number of hydrogen-bond donors (Lipinski definition) is 0. The van der Waals surface area contributed by atoms with E-state index in [1.807, 2.05) is 48.5 Å². The van der Waals surface area contributed by atoms with E-state index in [9.17, 15) is 0 Å². The van der Waals surface area contributed by atoms with E-state index in [-0.39, 0.29) is 6.29 Å². The molecule has 1 aliphatic rings. The van der Waals surface area contributed by atoms with Gasteiger partial charge in [-0.25, -0.2) is 0 Å². The van der Waals surface area contributed by atoms with Gasteiger partial charge in [-0.1, -0.05) is 34.1 Å². The van der Waals surface area contributed by atoms with Crippen LogP contribution >= 0.6 is 15.9 Å². The van der Waals surface area contributed by atoms with Crippen LogP contribution in [0.15, 0.2) is 53.0 Å². The molecule has 0 bridgehead atoms. The summed E-state index contributed by atoms with van der Waals surface area (Å²) in [5.41, 5.74) is 0.984. The van der Waals surface area contributed by atoms with Gasteiger partial charge in [0, 0.05) is 10.0 Å². The highest BCUT2D eigenvalue weighted by Crippen LogP contribution is 2.33. The third kappa shape index (κ3) is 2.97. The van der Waals surface area contributed by atoms with E-state index in [2.05, 4.69) is 15.9 Å². The van der Waals surface area contributed by atoms with E-state index in [4.69, 9.17) is 14.2 Å². The first-order valence-corrected chi connectivity index (χ1v) is 6.88. The molecule has 0 amide bonds. The van der Waals surface area contributed by atoms with Gasteiger partial charge in [0.05, 0.1) is 13.2 Å². The second-order valence-electron chi connectivity index (χ2n) is 4.17. The van der Waals surface area contributed by atoms with Crippen LogP contribution in [-0.2, 0) is 9.47 Å². The van der Waals surface area contributed by atoms with Crippen molar-refractivity contribution in [3.63, 3.8) is 0 Å². The molecule has 0 N–H and O–H groups in total. The molecule has 98 valence electrons. The lowest BCUT2D eigenvalue weighted by atomic mass is 10.2. The summed E-state index contributed by atoms with van der Waals surface area (Å²) in [4.78, 5) is 0. The number of hydrogen-bond acceptors (Lipinski definition) is 3. The molecule has 4 heteroatoms. The van der Waals surface area contributed by atoms with Gasteiger partial charge in [-0.3, -0.25) is 0 Å². The smallest absolute Gasteiger partial charge is 0.185 e. The first-order valence-electron chi connectivity index (χ1n) is 6.08. The van der Waals surface area contributed by atoms with Crippen molar-refractivity contribution in [3.05, 3.63) is 58.6 Å². The molecule has 0 aliphatic carbocycles. The monoisotopic (exact) mass is 320 g/mol. The van der Waals surface area contributed by atoms with E-state index in [0.29, 0.717) is 13.2 Å². The van der Waals surface area contributed by atoms with Gasteiger partial charge < -0.3 is 14.2 Å². The first-order chi connectivity index (χ1) is 9.33. The van der Waals surface area contributed by atoms with Crippen LogP contribution in [0.25, 0.3) is 0 Å². The molecule has 0 unspecified atom stereocenters. The SMILES string of the molecule is Brc1cc(Oc2ccccc2)ccc1C1OCCO1. The quantitative estimate of drug-likeness (QED) is 0.844. The van der Waals surface area contributed by atoms with E-state index in [1.165, 1.54) is 0 Å². The second kappa shape index (κ2) is 5.74. The normalized spacial score (nSPS) is 15.6. The summed E-state index contributed by atoms with van der Waals surface area (Å²) in [6, 6.07) is 15.5. The van der Waals surface area contributed by atoms with Crippen molar-refractivity contribution in [3.8, 4) is 11.5 Å². The summed E-state index contributed by atoms with van der Waals surface area (Å²) in [6.45, 7) is 1.28. The lowest BCUT2D eigenvalue weighted by Crippen LogP contribution is -1.99. The molecule has 0 spiro atoms. The van der Waals surface area contributed by atoms with Crippen LogP contribution in [0.2, 0.25) is 0 Å². The van der Waals surface area contributed by atoms with Crippen LogP contribution in [0.3, 0.4) is 0 Å². The summed E-state index contributed by atoms with van der Waals surface area (Å²) in [5.74, 6) is 1.59. The Morgan fingerprint density at radius 1 is 0.947 bits per heavy atom. The molecule has 0 radical (unpaired) electrons. The zero-order chi connectivity index (χ0) is 13.1. The molecular formula is C15H13BrO3. The molecule has 0 saturated carbocycles. The van der Waals surface area contributed by atoms with Gasteiger partial charge in [0.25, 0.3) is 0 Å². The Morgan fingerprint density at radius 3 is 2.37 bits per heavy atom. The predicted molar refractivity (Wildman–Crippen MR) is 75.3 cm³/mol. The number of benzene rings is 2. The van der Waals surface area contributed by atoms with Crippen molar-refractivity contribution in [2.24, 2.45) is 0 Å². The van der Waals surface area contributed by atoms with Gasteiger partial charge in [-0.2, -0.15) is 0 Å². The van der Waals surface area contributed by atoms with E-state index >= 15 is 0 Å². The van der Waals surface area contributed by atoms with Crippen molar-refractivity contribution in [2.75, 3.05) is 13.2 Å². The molecule has 3 rings (SSSR count). The molecule has 1 heterocycles. The molecule has 2 aromatic carbocycles. The van der Waals surface area contributed by atoms with E-state index < -0.39 is 0 Å². The predicted octanol–water partition coefficient (Wildman–Crippen LogP) is 4.29. The Bertz CT molecular complexity index is 551. The van der Waals surface area contributed by atoms with Crippen molar-refractivity contribution >= 4 is 15.9 Å². The van der Waals surface area contributed by atoms with Gasteiger partial charge in [0.15, 0.2) is 6.29 Å². The van der Waals surface area contributed by atoms with Gasteiger partial charge in [0.2, 0.25) is 0 Å². The minimum absolute atomic E-state index is 0.278. The van der Waals surface area contributed by atoms with Crippen LogP contribution in [0.1, 0.15) is 11.9 Å². The Hall–Kier alpha value is -1.36. The molecule has 19 heavy (non-hydrogen) atoms. The molecule has 0 aromatic heterocycles. The molecule has 2 aromatic rings. The molecule has 1 saturated heterocycles. The summed E-state index contributed by atoms with van der Waals surface area (Å²) in [7, 11) is 0. The fourth-order valence-electron chi connectivity index (χ4n) is 1.93. The van der Waals surface area contributed by atoms with Gasteiger partial charge in [-0.05, 0) is 30.3 Å². The van der Waals surface area contributed by atoms with E-state index in [1.54, 1.807) is 0 Å². The average Bonchev–Trinajstić information content (AvgIpc) is 2.94. The highest BCUT2D eigenvalue weighted by atomic mass is 79.9. The standard InChI is InChI=1S/C15H13BrO3/c16-14-10-12(19-11-4-2-1-3-5-11)6-7-13(14)15-17-8-9-18-15/h1-7,10,15H,8-9H2. The van der Waals surface area contributed by atoms with Gasteiger partial charge in [0.1, 0.15) is 11.5 Å². The first kappa shape index (κ1) is 12.7. The Morgan fingerprint density at radius 2 is 1.68 bits per heavy atom. The lowest BCUT2D eigenvalue weighted by molar-refractivity contribution is -0.0446. The molecule has 1 fully saturated rings. The van der Waals surface area contributed by atoms with Crippen molar-refractivity contribution < 1.29 is 14.2 Å². The minimum Gasteiger partial charge on any atom is -0.457 e. The fraction of sp³-hybridized carbons (Fsp3) is 0.200. The highest BCUT2D eigenvalue weighted by molar-refractivity contribution is 9.10. The van der Waals surface area contributed by atoms with Crippen LogP contribution < -0.4 is 4.74 Å². The Kier molecular flexibility index (Phi) is 3.82. The third-order valence-electron chi connectivity index (χ3n) is 2.83. The number of halogens is 1. The lowest BCUT2D eigenvalue weighted by Gasteiger charge is -2.13. The summed E-state index contributed by atoms with van der Waals surface area (Å²) in [5, 5.41) is 0. The highest BCUT2D eigenvalue weighted by Gasteiger charge is 2.20. The van der Waals surface area contributed by atoms with Crippen LogP contribution in [0.5, 0.6) is 11.5 Å². The molecule has 0 atom stereocenters. The zero-order valence-corrected chi connectivity index (χ0v) is 11.8. The topological polar surface area (TPSA) is 27.7 Å². The van der Waals surface area contributed by atoms with Crippen LogP contribution in [-0.4, -0.2) is 13.2 Å². The average molecular weight is 321 g/mol. The van der Waals surface area contributed by atoms with E-state index in [0.717, 1.165) is 21.5 Å². The summed E-state index contributed by atoms with van der Waals surface area (Å²) in [6.07, 6.45) is -0.278. The van der Waals surface area contributed by atoms with Crippen LogP contribution in [0, 0.1) is 0 Å². The van der Waals surface area contributed by atoms with Crippen molar-refractivity contribution in [1.82, 2.24) is 0 Å². The Labute approximate surface area is 120 Å². The molecule has 1 aliphatic heterocycles. The number of ether oxygens (including phenoxy) is 3. The maximum absolute atomic E-state index is 5.77. The maximum atomic E-state index is 5.77. The third-order valence-corrected chi connectivity index (χ3v) is 3.51. The Balaban J connectivity index is 1.79. The van der Waals surface area contributed by atoms with Crippen LogP contribution in [0.4, 0.5) is 0 Å². The maximum Gasteiger partial charge on any atom is 0.185 e.